The second-order valence-electron chi connectivity index (χ2n) is 5.39. The van der Waals surface area contributed by atoms with Gasteiger partial charge in [-0.25, -0.2) is 4.79 Å². The number of rotatable bonds is 5. The third-order valence-corrected chi connectivity index (χ3v) is 3.96. The Kier molecular flexibility index (Phi) is 5.67. The number of ether oxygens (including phenoxy) is 3. The first kappa shape index (κ1) is 18.4. The summed E-state index contributed by atoms with van der Waals surface area (Å²) in [6.45, 7) is 3.79. The normalized spacial score (nSPS) is 17.0. The van der Waals surface area contributed by atoms with Crippen molar-refractivity contribution >= 4 is 5.97 Å². The molecule has 4 N–H and O–H groups in total. The minimum Gasteiger partial charge on any atom is -0.496 e. The minimum atomic E-state index is -0.686. The molecule has 1 aliphatic heterocycles. The summed E-state index contributed by atoms with van der Waals surface area (Å²) in [6.07, 6.45) is 0. The molecule has 0 fully saturated rings. The topological polar surface area (TPSA) is 121 Å². The van der Waals surface area contributed by atoms with Gasteiger partial charge in [0.1, 0.15) is 23.2 Å². The molecule has 25 heavy (non-hydrogen) atoms. The van der Waals surface area contributed by atoms with E-state index in [1.165, 1.54) is 0 Å². The number of nitrogens with two attached hydrogens (primary N) is 2. The Hall–Kier alpha value is -2.98. The first-order chi connectivity index (χ1) is 12.0. The Morgan fingerprint density at radius 1 is 1.44 bits per heavy atom. The summed E-state index contributed by atoms with van der Waals surface area (Å²) in [5.74, 6) is -0.315. The molecule has 7 nitrogen and oxygen atoms in total. The van der Waals surface area contributed by atoms with Crippen LogP contribution >= 0.6 is 0 Å². The zero-order valence-corrected chi connectivity index (χ0v) is 14.5. The van der Waals surface area contributed by atoms with Gasteiger partial charge in [-0.05, 0) is 31.5 Å². The van der Waals surface area contributed by atoms with Crippen molar-refractivity contribution in [1.82, 2.24) is 0 Å². The van der Waals surface area contributed by atoms with Crippen LogP contribution in [-0.2, 0) is 20.8 Å². The standard InChI is InChI=1S/C18H21N3O4/c1-4-24-18(22)15-10(2)25-17(21)13(9-20)16(15)11-5-6-14(23-3)12(7-11)8-19/h5-7,16H,4,8,19,21H2,1-3H3. The summed E-state index contributed by atoms with van der Waals surface area (Å²) in [5, 5.41) is 9.54. The molecule has 1 aromatic carbocycles. The quantitative estimate of drug-likeness (QED) is 0.782. The van der Waals surface area contributed by atoms with Crippen LogP contribution in [0.5, 0.6) is 5.75 Å². The Bertz CT molecular complexity index is 790. The van der Waals surface area contributed by atoms with E-state index in [0.717, 1.165) is 5.56 Å². The first-order valence-electron chi connectivity index (χ1n) is 7.80. The van der Waals surface area contributed by atoms with Crippen molar-refractivity contribution in [2.45, 2.75) is 26.3 Å². The lowest BCUT2D eigenvalue weighted by atomic mass is 9.82. The van der Waals surface area contributed by atoms with Crippen molar-refractivity contribution in [2.75, 3.05) is 13.7 Å². The molecular formula is C18H21N3O4. The van der Waals surface area contributed by atoms with Crippen molar-refractivity contribution < 1.29 is 19.0 Å². The van der Waals surface area contributed by atoms with Crippen LogP contribution in [0.25, 0.3) is 0 Å². The SMILES string of the molecule is CCOC(=O)C1=C(C)OC(N)=C(C#N)C1c1ccc(OC)c(CN)c1. The lowest BCUT2D eigenvalue weighted by molar-refractivity contribution is -0.139. The van der Waals surface area contributed by atoms with Crippen LogP contribution in [0.1, 0.15) is 30.9 Å². The summed E-state index contributed by atoms with van der Waals surface area (Å²) in [5.41, 5.74) is 13.5. The molecule has 1 heterocycles. The highest BCUT2D eigenvalue weighted by Crippen LogP contribution is 2.40. The van der Waals surface area contributed by atoms with E-state index in [0.29, 0.717) is 17.1 Å². The highest BCUT2D eigenvalue weighted by molar-refractivity contribution is 5.92. The number of nitriles is 1. The molecular weight excluding hydrogens is 322 g/mol. The average molecular weight is 343 g/mol. The van der Waals surface area contributed by atoms with Gasteiger partial charge in [0.25, 0.3) is 0 Å². The third kappa shape index (κ3) is 3.44. The first-order valence-corrected chi connectivity index (χ1v) is 7.80. The zero-order chi connectivity index (χ0) is 18.6. The van der Waals surface area contributed by atoms with E-state index in [9.17, 15) is 10.1 Å². The summed E-state index contributed by atoms with van der Waals surface area (Å²) < 4.78 is 15.8. The molecule has 0 bridgehead atoms. The number of allylic oxidation sites excluding steroid dienone is 2. The van der Waals surface area contributed by atoms with E-state index in [2.05, 4.69) is 0 Å². The molecule has 7 heteroatoms. The Labute approximate surface area is 146 Å². The third-order valence-electron chi connectivity index (χ3n) is 3.96. The number of benzene rings is 1. The number of esters is 1. The number of methoxy groups -OCH3 is 1. The number of carbonyl (C=O) groups is 1. The molecule has 0 saturated heterocycles. The van der Waals surface area contributed by atoms with Crippen molar-refractivity contribution in [3.8, 4) is 11.8 Å². The lowest BCUT2D eigenvalue weighted by Gasteiger charge is -2.27. The Morgan fingerprint density at radius 3 is 2.72 bits per heavy atom. The van der Waals surface area contributed by atoms with Crippen LogP contribution in [0.15, 0.2) is 41.0 Å². The molecule has 1 unspecified atom stereocenters. The molecule has 1 aliphatic rings. The monoisotopic (exact) mass is 343 g/mol. The smallest absolute Gasteiger partial charge is 0.338 e. The predicted molar refractivity (Wildman–Crippen MR) is 90.9 cm³/mol. The molecule has 2 rings (SSSR count). The fourth-order valence-electron chi connectivity index (χ4n) is 2.83. The summed E-state index contributed by atoms with van der Waals surface area (Å²) in [4.78, 5) is 12.5. The number of hydrogen-bond donors (Lipinski definition) is 2. The van der Waals surface area contributed by atoms with Crippen molar-refractivity contribution in [3.05, 3.63) is 52.1 Å². The average Bonchev–Trinajstić information content (AvgIpc) is 2.60. The summed E-state index contributed by atoms with van der Waals surface area (Å²) >= 11 is 0. The fourth-order valence-corrected chi connectivity index (χ4v) is 2.83. The van der Waals surface area contributed by atoms with Crippen LogP contribution in [0, 0.1) is 11.3 Å². The van der Waals surface area contributed by atoms with E-state index in [1.807, 2.05) is 6.07 Å². The van der Waals surface area contributed by atoms with Crippen LogP contribution in [-0.4, -0.2) is 19.7 Å². The molecule has 0 radical (unpaired) electrons. The highest BCUT2D eigenvalue weighted by atomic mass is 16.5. The fraction of sp³-hybridized carbons (Fsp3) is 0.333. The molecule has 132 valence electrons. The van der Waals surface area contributed by atoms with Crippen LogP contribution in [0.3, 0.4) is 0 Å². The van der Waals surface area contributed by atoms with Gasteiger partial charge >= 0.3 is 5.97 Å². The number of carbonyl (C=O) groups excluding carboxylic acids is 1. The van der Waals surface area contributed by atoms with Gasteiger partial charge in [-0.1, -0.05) is 6.07 Å². The second kappa shape index (κ2) is 7.73. The van der Waals surface area contributed by atoms with E-state index in [4.69, 9.17) is 25.7 Å². The number of nitrogens with zero attached hydrogens (tertiary/aromatic N) is 1. The van der Waals surface area contributed by atoms with E-state index in [1.54, 1.807) is 39.2 Å². The molecule has 0 spiro atoms. The predicted octanol–water partition coefficient (Wildman–Crippen LogP) is 1.80. The maximum Gasteiger partial charge on any atom is 0.338 e. The Balaban J connectivity index is 2.64. The maximum absolute atomic E-state index is 12.5. The van der Waals surface area contributed by atoms with Crippen molar-refractivity contribution in [2.24, 2.45) is 11.5 Å². The molecule has 1 aromatic rings. The summed E-state index contributed by atoms with van der Waals surface area (Å²) in [6, 6.07) is 7.35. The van der Waals surface area contributed by atoms with Crippen LogP contribution < -0.4 is 16.2 Å². The van der Waals surface area contributed by atoms with Crippen molar-refractivity contribution in [3.63, 3.8) is 0 Å². The van der Waals surface area contributed by atoms with Gasteiger partial charge in [-0.3, -0.25) is 0 Å². The molecule has 0 aliphatic carbocycles. The molecule has 0 saturated carbocycles. The lowest BCUT2D eigenvalue weighted by Crippen LogP contribution is -2.25. The highest BCUT2D eigenvalue weighted by Gasteiger charge is 2.36. The second-order valence-corrected chi connectivity index (χ2v) is 5.39. The molecule has 1 atom stereocenters. The van der Waals surface area contributed by atoms with Crippen LogP contribution in [0.2, 0.25) is 0 Å². The van der Waals surface area contributed by atoms with Gasteiger partial charge in [0.2, 0.25) is 5.88 Å². The zero-order valence-electron chi connectivity index (χ0n) is 14.5. The molecule has 0 aromatic heterocycles. The van der Waals surface area contributed by atoms with E-state index < -0.39 is 11.9 Å². The Morgan fingerprint density at radius 2 is 2.16 bits per heavy atom. The minimum absolute atomic E-state index is 0.0248. The van der Waals surface area contributed by atoms with Crippen molar-refractivity contribution in [1.29, 1.82) is 5.26 Å². The largest absolute Gasteiger partial charge is 0.496 e. The van der Waals surface area contributed by atoms with Crippen LogP contribution in [0.4, 0.5) is 0 Å². The van der Waals surface area contributed by atoms with Gasteiger partial charge in [-0.15, -0.1) is 0 Å². The van der Waals surface area contributed by atoms with Gasteiger partial charge in [-0.2, -0.15) is 5.26 Å². The number of hydrogen-bond acceptors (Lipinski definition) is 7. The van der Waals surface area contributed by atoms with Gasteiger partial charge in [0.15, 0.2) is 0 Å². The van der Waals surface area contributed by atoms with Gasteiger partial charge in [0, 0.05) is 12.1 Å². The van der Waals surface area contributed by atoms with Gasteiger partial charge in [0.05, 0.1) is 25.2 Å². The van der Waals surface area contributed by atoms with Gasteiger partial charge < -0.3 is 25.7 Å². The summed E-state index contributed by atoms with van der Waals surface area (Å²) in [7, 11) is 1.55. The molecule has 0 amide bonds. The van der Waals surface area contributed by atoms with E-state index >= 15 is 0 Å². The maximum atomic E-state index is 12.5. The van der Waals surface area contributed by atoms with E-state index in [-0.39, 0.29) is 30.2 Å².